The zero-order chi connectivity index (χ0) is 33.6. The SMILES string of the molecule is COc1ccc(N=C(C2C(=O)OC(C)(C)OC2=O)N(Cc2ccc(CC(C)C)cc2)C2CCN(Cc3ccccc3)CC2)c(OC)c1. The van der Waals surface area contributed by atoms with Crippen LogP contribution in [0, 0.1) is 11.8 Å². The molecule has 0 radical (unpaired) electrons. The smallest absolute Gasteiger partial charge is 0.331 e. The van der Waals surface area contributed by atoms with Gasteiger partial charge < -0.3 is 23.8 Å². The van der Waals surface area contributed by atoms with Gasteiger partial charge in [0.05, 0.1) is 14.2 Å². The predicted molar refractivity (Wildman–Crippen MR) is 182 cm³/mol. The molecule has 0 N–H and O–H groups in total. The molecule has 0 spiro atoms. The Hall–Kier alpha value is -4.37. The van der Waals surface area contributed by atoms with Crippen LogP contribution in [0.5, 0.6) is 11.5 Å². The second kappa shape index (κ2) is 15.0. The summed E-state index contributed by atoms with van der Waals surface area (Å²) in [4.78, 5) is 36.9. The Morgan fingerprint density at radius 2 is 1.53 bits per heavy atom. The van der Waals surface area contributed by atoms with E-state index in [2.05, 4.69) is 72.2 Å². The van der Waals surface area contributed by atoms with Crippen molar-refractivity contribution >= 4 is 23.5 Å². The molecule has 0 aromatic heterocycles. The van der Waals surface area contributed by atoms with E-state index < -0.39 is 23.6 Å². The van der Waals surface area contributed by atoms with Crippen molar-refractivity contribution in [1.82, 2.24) is 9.80 Å². The minimum atomic E-state index is -1.37. The summed E-state index contributed by atoms with van der Waals surface area (Å²) < 4.78 is 22.4. The van der Waals surface area contributed by atoms with E-state index in [0.717, 1.165) is 44.5 Å². The average molecular weight is 642 g/mol. The highest BCUT2D eigenvalue weighted by molar-refractivity contribution is 6.17. The van der Waals surface area contributed by atoms with Crippen molar-refractivity contribution in [3.8, 4) is 11.5 Å². The van der Waals surface area contributed by atoms with Crippen molar-refractivity contribution in [3.05, 3.63) is 89.5 Å². The fraction of sp³-hybridized carbons (Fsp3) is 0.447. The minimum absolute atomic E-state index is 0.00380. The highest BCUT2D eigenvalue weighted by Gasteiger charge is 2.48. The molecule has 3 aromatic carbocycles. The number of rotatable bonds is 11. The van der Waals surface area contributed by atoms with E-state index in [9.17, 15) is 9.59 Å². The number of methoxy groups -OCH3 is 2. The van der Waals surface area contributed by atoms with Crippen LogP contribution < -0.4 is 9.47 Å². The van der Waals surface area contributed by atoms with Crippen LogP contribution in [-0.4, -0.2) is 66.7 Å². The summed E-state index contributed by atoms with van der Waals surface area (Å²) in [5, 5.41) is 0. The van der Waals surface area contributed by atoms with Crippen LogP contribution in [0.4, 0.5) is 5.69 Å². The number of carbonyl (C=O) groups is 2. The third-order valence-corrected chi connectivity index (χ3v) is 8.61. The molecule has 0 amide bonds. The zero-order valence-electron chi connectivity index (χ0n) is 28.4. The Balaban J connectivity index is 1.55. The molecular formula is C38H47N3O6. The van der Waals surface area contributed by atoms with Crippen LogP contribution in [-0.2, 0) is 38.6 Å². The van der Waals surface area contributed by atoms with Crippen molar-refractivity contribution in [2.75, 3.05) is 27.3 Å². The molecule has 2 heterocycles. The number of ether oxygens (including phenoxy) is 4. The van der Waals surface area contributed by atoms with Gasteiger partial charge in [-0.3, -0.25) is 14.5 Å². The van der Waals surface area contributed by atoms with Gasteiger partial charge in [0, 0.05) is 52.1 Å². The first-order chi connectivity index (χ1) is 22.5. The van der Waals surface area contributed by atoms with Gasteiger partial charge >= 0.3 is 11.9 Å². The van der Waals surface area contributed by atoms with Crippen molar-refractivity contribution in [2.24, 2.45) is 16.8 Å². The van der Waals surface area contributed by atoms with Gasteiger partial charge in [-0.25, -0.2) is 4.99 Å². The first-order valence-corrected chi connectivity index (χ1v) is 16.4. The fourth-order valence-corrected chi connectivity index (χ4v) is 6.30. The summed E-state index contributed by atoms with van der Waals surface area (Å²) in [6.07, 6.45) is 2.63. The lowest BCUT2D eigenvalue weighted by atomic mass is 9.97. The van der Waals surface area contributed by atoms with Gasteiger partial charge in [-0.1, -0.05) is 68.4 Å². The molecular weight excluding hydrogens is 594 g/mol. The van der Waals surface area contributed by atoms with Crippen LogP contribution in [0.2, 0.25) is 0 Å². The summed E-state index contributed by atoms with van der Waals surface area (Å²) in [5.74, 6) is -2.21. The standard InChI is InChI=1S/C38H47N3O6/c1-26(2)22-27-12-14-29(15-13-27)25-41(30-18-20-40(21-19-30)24-28-10-8-7-9-11-28)35(34-36(42)46-38(3,4)47-37(34)43)39-32-17-16-31(44-5)23-33(32)45-6/h7-17,23,26,30,34H,18-22,24-25H2,1-6H3. The Morgan fingerprint density at radius 3 is 2.13 bits per heavy atom. The van der Waals surface area contributed by atoms with Crippen LogP contribution >= 0.6 is 0 Å². The molecule has 0 saturated carbocycles. The summed E-state index contributed by atoms with van der Waals surface area (Å²) in [7, 11) is 3.13. The molecule has 250 valence electrons. The Morgan fingerprint density at radius 1 is 0.894 bits per heavy atom. The molecule has 2 aliphatic heterocycles. The molecule has 2 saturated heterocycles. The lowest BCUT2D eigenvalue weighted by Gasteiger charge is -2.42. The number of hydrogen-bond acceptors (Lipinski definition) is 8. The van der Waals surface area contributed by atoms with E-state index in [-0.39, 0.29) is 11.9 Å². The second-order valence-electron chi connectivity index (χ2n) is 13.2. The van der Waals surface area contributed by atoms with Crippen molar-refractivity contribution < 1.29 is 28.5 Å². The highest BCUT2D eigenvalue weighted by atomic mass is 16.7. The number of carbonyl (C=O) groups excluding carboxylic acids is 2. The second-order valence-corrected chi connectivity index (χ2v) is 13.2. The van der Waals surface area contributed by atoms with E-state index in [4.69, 9.17) is 23.9 Å². The van der Waals surface area contributed by atoms with Crippen molar-refractivity contribution in [2.45, 2.75) is 71.9 Å². The first-order valence-electron chi connectivity index (χ1n) is 16.4. The molecule has 5 rings (SSSR count). The topological polar surface area (TPSA) is 89.9 Å². The van der Waals surface area contributed by atoms with E-state index >= 15 is 0 Å². The number of aliphatic imine (C=N–C) groups is 1. The molecule has 2 aliphatic rings. The number of benzene rings is 3. The summed E-state index contributed by atoms with van der Waals surface area (Å²) >= 11 is 0. The lowest BCUT2D eigenvalue weighted by Crippen LogP contribution is -2.55. The third-order valence-electron chi connectivity index (χ3n) is 8.61. The van der Waals surface area contributed by atoms with Crippen LogP contribution in [0.3, 0.4) is 0 Å². The maximum Gasteiger partial charge on any atom is 0.331 e. The monoisotopic (exact) mass is 641 g/mol. The van der Waals surface area contributed by atoms with Crippen LogP contribution in [0.15, 0.2) is 77.8 Å². The molecule has 0 unspecified atom stereocenters. The normalized spacial score (nSPS) is 17.7. The Labute approximate surface area is 278 Å². The van der Waals surface area contributed by atoms with Gasteiger partial charge in [-0.2, -0.15) is 0 Å². The van der Waals surface area contributed by atoms with Gasteiger partial charge in [0.1, 0.15) is 23.0 Å². The van der Waals surface area contributed by atoms with E-state index in [1.165, 1.54) is 11.1 Å². The van der Waals surface area contributed by atoms with Gasteiger partial charge in [-0.15, -0.1) is 0 Å². The Kier molecular flexibility index (Phi) is 10.9. The minimum Gasteiger partial charge on any atom is -0.497 e. The predicted octanol–water partition coefficient (Wildman–Crippen LogP) is 6.55. The number of hydrogen-bond donors (Lipinski definition) is 0. The molecule has 0 atom stereocenters. The maximum atomic E-state index is 13.7. The lowest BCUT2D eigenvalue weighted by molar-refractivity contribution is -0.236. The number of nitrogens with zero attached hydrogens (tertiary/aromatic N) is 3. The number of likely N-dealkylation sites (tertiary alicyclic amines) is 1. The molecule has 9 heteroatoms. The molecule has 2 fully saturated rings. The van der Waals surface area contributed by atoms with E-state index in [1.54, 1.807) is 46.3 Å². The third kappa shape index (κ3) is 8.71. The van der Waals surface area contributed by atoms with E-state index in [0.29, 0.717) is 29.6 Å². The van der Waals surface area contributed by atoms with E-state index in [1.807, 2.05) is 6.07 Å². The van der Waals surface area contributed by atoms with Gasteiger partial charge in [-0.05, 0) is 54.0 Å². The Bertz CT molecular complexity index is 1530. The molecule has 47 heavy (non-hydrogen) atoms. The van der Waals surface area contributed by atoms with Crippen LogP contribution in [0.25, 0.3) is 0 Å². The fourth-order valence-electron chi connectivity index (χ4n) is 6.30. The molecule has 9 nitrogen and oxygen atoms in total. The van der Waals surface area contributed by atoms with Gasteiger partial charge in [0.2, 0.25) is 5.92 Å². The molecule has 3 aromatic rings. The highest BCUT2D eigenvalue weighted by Crippen LogP contribution is 2.35. The largest absolute Gasteiger partial charge is 0.497 e. The number of amidine groups is 1. The van der Waals surface area contributed by atoms with Crippen LogP contribution in [0.1, 0.15) is 57.2 Å². The summed E-state index contributed by atoms with van der Waals surface area (Å²) in [6, 6.07) is 24.3. The molecule has 0 aliphatic carbocycles. The number of esters is 2. The zero-order valence-corrected chi connectivity index (χ0v) is 28.4. The molecule has 0 bridgehead atoms. The van der Waals surface area contributed by atoms with Gasteiger partial charge in [0.15, 0.2) is 0 Å². The average Bonchev–Trinajstić information content (AvgIpc) is 3.04. The van der Waals surface area contributed by atoms with Crippen molar-refractivity contribution in [3.63, 3.8) is 0 Å². The van der Waals surface area contributed by atoms with Gasteiger partial charge in [0.25, 0.3) is 5.79 Å². The first kappa shape index (κ1) is 34.0. The summed E-state index contributed by atoms with van der Waals surface area (Å²) in [5.41, 5.74) is 4.06. The summed E-state index contributed by atoms with van der Waals surface area (Å²) in [6.45, 7) is 10.6. The maximum absolute atomic E-state index is 13.7. The quantitative estimate of drug-likeness (QED) is 0.101. The van der Waals surface area contributed by atoms with Crippen molar-refractivity contribution in [1.29, 1.82) is 0 Å². The number of cyclic esters (lactones) is 2. The number of piperidine rings is 1.